The summed E-state index contributed by atoms with van der Waals surface area (Å²) in [5, 5.41) is 3.14. The highest BCUT2D eigenvalue weighted by Crippen LogP contribution is 2.59. The van der Waals surface area contributed by atoms with Crippen molar-refractivity contribution in [2.24, 2.45) is 11.3 Å². The Hall–Kier alpha value is -2.34. The molecule has 1 saturated carbocycles. The first-order chi connectivity index (χ1) is 13.7. The number of methoxy groups -OCH3 is 1. The Morgan fingerprint density at radius 1 is 1.32 bits per heavy atom. The summed E-state index contributed by atoms with van der Waals surface area (Å²) in [5.74, 6) is 1.43. The number of hydrogen-bond acceptors (Lipinski definition) is 4. The lowest BCUT2D eigenvalue weighted by atomic mass is 9.90. The molecule has 0 radical (unpaired) electrons. The number of piperidine rings is 1. The van der Waals surface area contributed by atoms with Crippen molar-refractivity contribution in [2.75, 3.05) is 26.7 Å². The monoisotopic (exact) mass is 382 g/mol. The van der Waals surface area contributed by atoms with Crippen LogP contribution in [0.25, 0.3) is 0 Å². The summed E-state index contributed by atoms with van der Waals surface area (Å²) in [6.45, 7) is 4.67. The van der Waals surface area contributed by atoms with Gasteiger partial charge in [0.1, 0.15) is 5.75 Å². The highest BCUT2D eigenvalue weighted by molar-refractivity contribution is 5.82. The molecule has 1 amide bonds. The van der Waals surface area contributed by atoms with E-state index >= 15 is 0 Å². The molecule has 6 nitrogen and oxygen atoms in total. The fourth-order valence-corrected chi connectivity index (χ4v) is 4.52. The van der Waals surface area contributed by atoms with Crippen molar-refractivity contribution in [2.45, 2.75) is 38.8 Å². The number of aryl methyl sites for hydroxylation is 1. The molecule has 2 heterocycles. The van der Waals surface area contributed by atoms with Crippen molar-refractivity contribution in [1.29, 1.82) is 0 Å². The van der Waals surface area contributed by atoms with E-state index in [1.165, 1.54) is 5.56 Å². The van der Waals surface area contributed by atoms with E-state index in [1.54, 1.807) is 13.3 Å². The molecule has 2 aromatic rings. The molecule has 1 unspecified atom stereocenters. The second-order valence-electron chi connectivity index (χ2n) is 8.15. The quantitative estimate of drug-likeness (QED) is 0.713. The van der Waals surface area contributed by atoms with Crippen LogP contribution in [0.15, 0.2) is 43.0 Å². The number of benzene rings is 1. The molecular formula is C22H30N4O2. The third kappa shape index (κ3) is 4.22. The first kappa shape index (κ1) is 19.0. The van der Waals surface area contributed by atoms with Crippen LogP contribution in [0, 0.1) is 11.3 Å². The largest absolute Gasteiger partial charge is 0.496 e. The molecule has 6 heteroatoms. The number of carbonyl (C=O) groups is 1. The van der Waals surface area contributed by atoms with Gasteiger partial charge in [-0.1, -0.05) is 18.2 Å². The zero-order chi connectivity index (χ0) is 19.4. The van der Waals surface area contributed by atoms with Gasteiger partial charge in [0.25, 0.3) is 0 Å². The standard InChI is InChI=1S/C22H30N4O2/c1-28-20-6-3-2-5-18(20)16-25-12-7-22(8-13-25)15-19(22)21(27)24-9-4-11-26-14-10-23-17-26/h2-3,5-6,10,14,17,19H,4,7-9,11-13,15-16H2,1H3,(H,24,27). The molecule has 1 atom stereocenters. The molecule has 28 heavy (non-hydrogen) atoms. The maximum atomic E-state index is 12.5. The minimum Gasteiger partial charge on any atom is -0.496 e. The Balaban J connectivity index is 1.19. The Labute approximate surface area is 166 Å². The predicted octanol–water partition coefficient (Wildman–Crippen LogP) is 2.70. The van der Waals surface area contributed by atoms with Crippen molar-refractivity contribution >= 4 is 5.91 Å². The average molecular weight is 383 g/mol. The second-order valence-corrected chi connectivity index (χ2v) is 8.15. The van der Waals surface area contributed by atoms with Crippen LogP contribution in [0.2, 0.25) is 0 Å². The molecule has 150 valence electrons. The highest BCUT2D eigenvalue weighted by atomic mass is 16.5. The predicted molar refractivity (Wildman–Crippen MR) is 108 cm³/mol. The van der Waals surface area contributed by atoms with E-state index in [1.807, 2.05) is 29.2 Å². The number of aromatic nitrogens is 2. The topological polar surface area (TPSA) is 59.4 Å². The van der Waals surface area contributed by atoms with Crippen LogP contribution in [0.5, 0.6) is 5.75 Å². The summed E-state index contributed by atoms with van der Waals surface area (Å²) in [4.78, 5) is 19.1. The Bertz CT molecular complexity index is 782. The fraction of sp³-hybridized carbons (Fsp3) is 0.545. The van der Waals surface area contributed by atoms with Gasteiger partial charge in [-0.15, -0.1) is 0 Å². The van der Waals surface area contributed by atoms with Gasteiger partial charge in [-0.05, 0) is 50.3 Å². The van der Waals surface area contributed by atoms with Crippen molar-refractivity contribution in [3.8, 4) is 5.75 Å². The van der Waals surface area contributed by atoms with Crippen molar-refractivity contribution in [1.82, 2.24) is 19.8 Å². The van der Waals surface area contributed by atoms with E-state index in [9.17, 15) is 4.79 Å². The second kappa shape index (κ2) is 8.35. The lowest BCUT2D eigenvalue weighted by Gasteiger charge is -2.33. The Kier molecular flexibility index (Phi) is 5.67. The summed E-state index contributed by atoms with van der Waals surface area (Å²) in [5.41, 5.74) is 1.50. The third-order valence-corrected chi connectivity index (χ3v) is 6.40. The number of para-hydroxylation sites is 1. The molecule has 1 aromatic carbocycles. The number of amides is 1. The number of rotatable bonds is 8. The van der Waals surface area contributed by atoms with Crippen LogP contribution >= 0.6 is 0 Å². The molecule has 1 aliphatic heterocycles. The zero-order valence-electron chi connectivity index (χ0n) is 16.6. The van der Waals surface area contributed by atoms with Crippen molar-refractivity contribution < 1.29 is 9.53 Å². The molecule has 2 fully saturated rings. The summed E-state index contributed by atoms with van der Waals surface area (Å²) in [7, 11) is 1.73. The maximum absolute atomic E-state index is 12.5. The normalized spacial score (nSPS) is 20.8. The van der Waals surface area contributed by atoms with Gasteiger partial charge in [0.2, 0.25) is 5.91 Å². The number of ether oxygens (including phenoxy) is 1. The van der Waals surface area contributed by atoms with Crippen LogP contribution in [-0.4, -0.2) is 47.1 Å². The van der Waals surface area contributed by atoms with Crippen LogP contribution in [0.4, 0.5) is 0 Å². The third-order valence-electron chi connectivity index (χ3n) is 6.40. The first-order valence-corrected chi connectivity index (χ1v) is 10.3. The van der Waals surface area contributed by atoms with Crippen molar-refractivity contribution in [3.05, 3.63) is 48.5 Å². The van der Waals surface area contributed by atoms with E-state index in [0.29, 0.717) is 0 Å². The number of imidazole rings is 1. The Morgan fingerprint density at radius 3 is 2.89 bits per heavy atom. The number of nitrogens with one attached hydrogen (secondary N) is 1. The van der Waals surface area contributed by atoms with Gasteiger partial charge >= 0.3 is 0 Å². The molecule has 0 bridgehead atoms. The fourth-order valence-electron chi connectivity index (χ4n) is 4.52. The summed E-state index contributed by atoms with van der Waals surface area (Å²) < 4.78 is 7.52. The molecular weight excluding hydrogens is 352 g/mol. The van der Waals surface area contributed by atoms with Crippen molar-refractivity contribution in [3.63, 3.8) is 0 Å². The van der Waals surface area contributed by atoms with Gasteiger partial charge in [0.05, 0.1) is 13.4 Å². The van der Waals surface area contributed by atoms with E-state index < -0.39 is 0 Å². The summed E-state index contributed by atoms with van der Waals surface area (Å²) in [6.07, 6.45) is 9.79. The van der Waals surface area contributed by atoms with Gasteiger partial charge < -0.3 is 14.6 Å². The van der Waals surface area contributed by atoms with Gasteiger partial charge in [-0.25, -0.2) is 4.98 Å². The molecule has 1 spiro atoms. The van der Waals surface area contributed by atoms with Crippen LogP contribution < -0.4 is 10.1 Å². The smallest absolute Gasteiger partial charge is 0.223 e. The van der Waals surface area contributed by atoms with Gasteiger partial charge in [0.15, 0.2) is 0 Å². The lowest BCUT2D eigenvalue weighted by Crippen LogP contribution is -2.37. The minimum absolute atomic E-state index is 0.217. The minimum atomic E-state index is 0.217. The van der Waals surface area contributed by atoms with E-state index in [-0.39, 0.29) is 17.2 Å². The Morgan fingerprint density at radius 2 is 2.14 bits per heavy atom. The van der Waals surface area contributed by atoms with Crippen LogP contribution in [-0.2, 0) is 17.9 Å². The van der Waals surface area contributed by atoms with E-state index in [4.69, 9.17) is 4.74 Å². The SMILES string of the molecule is COc1ccccc1CN1CCC2(CC1)CC2C(=O)NCCCn1ccnc1. The number of hydrogen-bond donors (Lipinski definition) is 1. The average Bonchev–Trinajstić information content (AvgIpc) is 3.16. The molecule has 1 aromatic heterocycles. The molecule has 1 N–H and O–H groups in total. The molecule has 4 rings (SSSR count). The lowest BCUT2D eigenvalue weighted by molar-refractivity contribution is -0.123. The maximum Gasteiger partial charge on any atom is 0.223 e. The number of carbonyl (C=O) groups excluding carboxylic acids is 1. The number of likely N-dealkylation sites (tertiary alicyclic amines) is 1. The summed E-state index contributed by atoms with van der Waals surface area (Å²) >= 11 is 0. The first-order valence-electron chi connectivity index (χ1n) is 10.3. The van der Waals surface area contributed by atoms with Gasteiger partial charge in [-0.3, -0.25) is 9.69 Å². The summed E-state index contributed by atoms with van der Waals surface area (Å²) in [6, 6.07) is 8.24. The number of nitrogens with zero attached hydrogens (tertiary/aromatic N) is 3. The molecule has 1 aliphatic carbocycles. The van der Waals surface area contributed by atoms with E-state index in [0.717, 1.165) is 64.2 Å². The van der Waals surface area contributed by atoms with Crippen LogP contribution in [0.1, 0.15) is 31.2 Å². The van der Waals surface area contributed by atoms with Gasteiger partial charge in [0, 0.05) is 43.5 Å². The van der Waals surface area contributed by atoms with Gasteiger partial charge in [-0.2, -0.15) is 0 Å². The van der Waals surface area contributed by atoms with E-state index in [2.05, 4.69) is 27.3 Å². The molecule has 2 aliphatic rings. The van der Waals surface area contributed by atoms with Crippen LogP contribution in [0.3, 0.4) is 0 Å². The zero-order valence-corrected chi connectivity index (χ0v) is 16.6. The molecule has 1 saturated heterocycles. The highest BCUT2D eigenvalue weighted by Gasteiger charge is 2.58.